The zero-order chi connectivity index (χ0) is 23.8. The average molecular weight is 493 g/mol. The highest BCUT2D eigenvalue weighted by atomic mass is 35.5. The third-order valence-corrected chi connectivity index (χ3v) is 5.80. The van der Waals surface area contributed by atoms with Gasteiger partial charge in [0.1, 0.15) is 0 Å². The molecule has 2 N–H and O–H groups in total. The zero-order valence-corrected chi connectivity index (χ0v) is 19.6. The molecule has 0 spiro atoms. The van der Waals surface area contributed by atoms with Crippen LogP contribution in [-0.4, -0.2) is 55.0 Å². The molecule has 1 aliphatic heterocycles. The molecule has 2 heterocycles. The van der Waals surface area contributed by atoms with Gasteiger partial charge in [-0.25, -0.2) is 0 Å². The van der Waals surface area contributed by atoms with Crippen molar-refractivity contribution in [2.45, 2.75) is 11.6 Å². The van der Waals surface area contributed by atoms with E-state index >= 15 is 0 Å². The van der Waals surface area contributed by atoms with Gasteiger partial charge in [0.15, 0.2) is 0 Å². The van der Waals surface area contributed by atoms with Gasteiger partial charge in [-0.05, 0) is 42.0 Å². The molecule has 4 rings (SSSR count). The molecule has 0 unspecified atom stereocenters. The molecule has 0 radical (unpaired) electrons. The minimum absolute atomic E-state index is 0.0740. The van der Waals surface area contributed by atoms with E-state index in [1.54, 1.807) is 7.05 Å². The lowest BCUT2D eigenvalue weighted by Gasteiger charge is -2.29. The summed E-state index contributed by atoms with van der Waals surface area (Å²) in [6.07, 6.45) is 1.43. The third-order valence-electron chi connectivity index (χ3n) is 4.80. The summed E-state index contributed by atoms with van der Waals surface area (Å²) in [7, 11) is -2.55. The number of halogens is 1. The molecular formula is C22H25ClN4O5S. The molecular weight excluding hydrogens is 468 g/mol. The number of aryl methyl sites for hydroxylation is 1. The second-order valence-electron chi connectivity index (χ2n) is 7.26. The smallest absolute Gasteiger partial charge is 0.313 e. The van der Waals surface area contributed by atoms with Gasteiger partial charge in [0.25, 0.3) is 5.91 Å². The number of carbonyl (C=O) groups excluding carboxylic acids is 1. The second kappa shape index (κ2) is 11.3. The van der Waals surface area contributed by atoms with E-state index in [-0.39, 0.29) is 10.9 Å². The highest BCUT2D eigenvalue weighted by molar-refractivity contribution is 7.85. The number of rotatable bonds is 5. The van der Waals surface area contributed by atoms with Crippen LogP contribution in [-0.2, 0) is 28.4 Å². The van der Waals surface area contributed by atoms with Gasteiger partial charge in [-0.15, -0.1) is 0 Å². The normalized spacial score (nSPS) is 13.7. The van der Waals surface area contributed by atoms with E-state index in [4.69, 9.17) is 20.9 Å². The van der Waals surface area contributed by atoms with Crippen molar-refractivity contribution in [2.24, 2.45) is 7.05 Å². The van der Waals surface area contributed by atoms with Crippen LogP contribution in [0.15, 0.2) is 65.8 Å². The molecule has 176 valence electrons. The maximum absolute atomic E-state index is 12.3. The lowest BCUT2D eigenvalue weighted by Crippen LogP contribution is -2.36. The van der Waals surface area contributed by atoms with Crippen LogP contribution in [0.3, 0.4) is 0 Å². The van der Waals surface area contributed by atoms with Gasteiger partial charge < -0.3 is 15.0 Å². The van der Waals surface area contributed by atoms with Crippen LogP contribution in [0.25, 0.3) is 0 Å². The van der Waals surface area contributed by atoms with Gasteiger partial charge in [0.05, 0.1) is 13.2 Å². The van der Waals surface area contributed by atoms with Crippen molar-refractivity contribution < 1.29 is 22.5 Å². The Bertz CT molecular complexity index is 1180. The maximum atomic E-state index is 12.3. The first-order valence-electron chi connectivity index (χ1n) is 10.1. The molecule has 11 heteroatoms. The number of aromatic nitrogens is 2. The first kappa shape index (κ1) is 24.7. The van der Waals surface area contributed by atoms with E-state index in [0.717, 1.165) is 37.6 Å². The second-order valence-corrected chi connectivity index (χ2v) is 9.07. The summed E-state index contributed by atoms with van der Waals surface area (Å²) in [5.41, 5.74) is 2.75. The Kier molecular flexibility index (Phi) is 8.45. The SMILES string of the molecule is Cn1ccc(S(=O)(=O)O)n1.O=C(NCc1ccc(Cl)cc1)c1cccc(N2CCOCC2)c1. The van der Waals surface area contributed by atoms with Crippen molar-refractivity contribution in [1.82, 2.24) is 15.1 Å². The lowest BCUT2D eigenvalue weighted by atomic mass is 10.1. The molecule has 1 aliphatic rings. The lowest BCUT2D eigenvalue weighted by molar-refractivity contribution is 0.0951. The van der Waals surface area contributed by atoms with E-state index < -0.39 is 10.1 Å². The number of ether oxygens (including phenoxy) is 1. The fourth-order valence-corrected chi connectivity index (χ4v) is 3.67. The first-order valence-corrected chi connectivity index (χ1v) is 12.0. The van der Waals surface area contributed by atoms with Gasteiger partial charge in [0, 0.05) is 49.2 Å². The van der Waals surface area contributed by atoms with Gasteiger partial charge in [-0.3, -0.25) is 14.0 Å². The minimum Gasteiger partial charge on any atom is -0.378 e. The summed E-state index contributed by atoms with van der Waals surface area (Å²) in [5, 5.41) is 6.77. The standard InChI is InChI=1S/C18H19ClN2O2.C4H6N2O3S/c19-16-6-4-14(5-7-16)13-20-18(22)15-2-1-3-17(12-15)21-8-10-23-11-9-21;1-6-3-2-4(5-6)10(7,8)9/h1-7,12H,8-11,13H2,(H,20,22);2-3H,1H3,(H,7,8,9). The molecule has 2 aromatic carbocycles. The van der Waals surface area contributed by atoms with Crippen molar-refractivity contribution in [3.05, 3.63) is 76.9 Å². The number of carbonyl (C=O) groups is 1. The summed E-state index contributed by atoms with van der Waals surface area (Å²) in [4.78, 5) is 14.6. The van der Waals surface area contributed by atoms with E-state index in [2.05, 4.69) is 15.3 Å². The number of anilines is 1. The number of nitrogens with zero attached hydrogens (tertiary/aromatic N) is 3. The van der Waals surface area contributed by atoms with Crippen LogP contribution in [0.2, 0.25) is 5.02 Å². The number of hydrogen-bond acceptors (Lipinski definition) is 6. The minimum atomic E-state index is -4.11. The topological polar surface area (TPSA) is 114 Å². The summed E-state index contributed by atoms with van der Waals surface area (Å²) in [6.45, 7) is 3.66. The van der Waals surface area contributed by atoms with E-state index in [9.17, 15) is 13.2 Å². The van der Waals surface area contributed by atoms with Crippen LogP contribution >= 0.6 is 11.6 Å². The highest BCUT2D eigenvalue weighted by Crippen LogP contribution is 2.18. The zero-order valence-electron chi connectivity index (χ0n) is 18.0. The van der Waals surface area contributed by atoms with Crippen LogP contribution in [0.4, 0.5) is 5.69 Å². The third kappa shape index (κ3) is 7.57. The summed E-state index contributed by atoms with van der Waals surface area (Å²) in [5.74, 6) is -0.0740. The van der Waals surface area contributed by atoms with E-state index in [1.165, 1.54) is 16.9 Å². The Hall–Kier alpha value is -2.92. The molecule has 1 saturated heterocycles. The Labute approximate surface area is 197 Å². The molecule has 1 fully saturated rings. The van der Waals surface area contributed by atoms with Crippen LogP contribution < -0.4 is 10.2 Å². The molecule has 1 aromatic heterocycles. The molecule has 3 aromatic rings. The van der Waals surface area contributed by atoms with E-state index in [0.29, 0.717) is 17.1 Å². The number of hydrogen-bond donors (Lipinski definition) is 2. The Morgan fingerprint density at radius 1 is 1.15 bits per heavy atom. The van der Waals surface area contributed by atoms with Crippen molar-refractivity contribution in [3.63, 3.8) is 0 Å². The highest BCUT2D eigenvalue weighted by Gasteiger charge is 2.13. The Balaban J connectivity index is 0.000000257. The maximum Gasteiger partial charge on any atom is 0.313 e. The van der Waals surface area contributed by atoms with Crippen molar-refractivity contribution >= 4 is 33.3 Å². The Morgan fingerprint density at radius 3 is 2.42 bits per heavy atom. The molecule has 33 heavy (non-hydrogen) atoms. The Morgan fingerprint density at radius 2 is 1.85 bits per heavy atom. The monoisotopic (exact) mass is 492 g/mol. The van der Waals surface area contributed by atoms with Gasteiger partial charge in [0.2, 0.25) is 5.03 Å². The molecule has 9 nitrogen and oxygen atoms in total. The van der Waals surface area contributed by atoms with E-state index in [1.807, 2.05) is 48.5 Å². The molecule has 0 bridgehead atoms. The fourth-order valence-electron chi connectivity index (χ4n) is 3.08. The quantitative estimate of drug-likeness (QED) is 0.526. The van der Waals surface area contributed by atoms with Gasteiger partial charge >= 0.3 is 10.1 Å². The molecule has 0 atom stereocenters. The number of benzene rings is 2. The van der Waals surface area contributed by atoms with Gasteiger partial charge in [-0.2, -0.15) is 13.5 Å². The largest absolute Gasteiger partial charge is 0.378 e. The summed E-state index contributed by atoms with van der Waals surface area (Å²) >= 11 is 5.86. The number of amides is 1. The molecule has 0 saturated carbocycles. The van der Waals surface area contributed by atoms with Crippen molar-refractivity contribution in [3.8, 4) is 0 Å². The molecule has 0 aliphatic carbocycles. The van der Waals surface area contributed by atoms with Crippen LogP contribution in [0.1, 0.15) is 15.9 Å². The van der Waals surface area contributed by atoms with Gasteiger partial charge in [-0.1, -0.05) is 29.8 Å². The molecule has 1 amide bonds. The van der Waals surface area contributed by atoms with Crippen molar-refractivity contribution in [1.29, 1.82) is 0 Å². The summed E-state index contributed by atoms with van der Waals surface area (Å²) < 4.78 is 35.7. The fraction of sp³-hybridized carbons (Fsp3) is 0.273. The predicted octanol–water partition coefficient (Wildman–Crippen LogP) is 2.77. The van der Waals surface area contributed by atoms with Crippen LogP contribution in [0.5, 0.6) is 0 Å². The number of nitrogens with one attached hydrogen (secondary N) is 1. The van der Waals surface area contributed by atoms with Crippen molar-refractivity contribution in [2.75, 3.05) is 31.2 Å². The first-order chi connectivity index (χ1) is 15.7. The number of morpholine rings is 1. The van der Waals surface area contributed by atoms with Crippen LogP contribution in [0, 0.1) is 0 Å². The summed E-state index contributed by atoms with van der Waals surface area (Å²) in [6, 6.07) is 16.4. The predicted molar refractivity (Wildman–Crippen MR) is 125 cm³/mol. The average Bonchev–Trinajstić information content (AvgIpc) is 3.27.